The van der Waals surface area contributed by atoms with Crippen LogP contribution in [0.5, 0.6) is 0 Å². The molecule has 0 saturated carbocycles. The van der Waals surface area contributed by atoms with E-state index in [1.165, 1.54) is 0 Å². The Hall–Kier alpha value is -1.43. The van der Waals surface area contributed by atoms with Crippen LogP contribution >= 0.6 is 0 Å². The lowest BCUT2D eigenvalue weighted by Gasteiger charge is -2.42. The molecule has 4 atom stereocenters. The number of aliphatic carboxylic acids is 1. The van der Waals surface area contributed by atoms with E-state index in [1.54, 1.807) is 0 Å². The summed E-state index contributed by atoms with van der Waals surface area (Å²) in [4.78, 5) is 35.1. The average molecular weight is 424 g/mol. The molecule has 0 aliphatic carbocycles. The third-order valence-corrected chi connectivity index (χ3v) is 7.21. The van der Waals surface area contributed by atoms with E-state index >= 15 is 0 Å². The highest BCUT2D eigenvalue weighted by molar-refractivity contribution is 5.84. The summed E-state index contributed by atoms with van der Waals surface area (Å²) in [5, 5.41) is 12.0. The van der Waals surface area contributed by atoms with Gasteiger partial charge in [0.25, 0.3) is 0 Å². The zero-order valence-corrected chi connectivity index (χ0v) is 18.9. The van der Waals surface area contributed by atoms with Crippen molar-refractivity contribution in [3.8, 4) is 0 Å². The Morgan fingerprint density at radius 1 is 1.07 bits per heavy atom. The number of hydrogen-bond acceptors (Lipinski definition) is 4. The number of fused-ring (bicyclic) bond motifs is 2. The number of nitrogens with one attached hydrogen (secondary N) is 1. The van der Waals surface area contributed by atoms with Crippen molar-refractivity contribution in [1.82, 2.24) is 5.32 Å². The number of carbonyl (C=O) groups excluding carboxylic acids is 2. The number of ketones is 1. The van der Waals surface area contributed by atoms with Crippen molar-refractivity contribution in [1.29, 1.82) is 0 Å². The molecule has 2 rings (SSSR count). The minimum atomic E-state index is -0.736. The summed E-state index contributed by atoms with van der Waals surface area (Å²) in [6.45, 7) is 4.90. The van der Waals surface area contributed by atoms with Crippen LogP contribution in [0.4, 0.5) is 0 Å². The maximum absolute atomic E-state index is 12.2. The van der Waals surface area contributed by atoms with E-state index in [1.807, 2.05) is 0 Å². The molecule has 0 aromatic carbocycles. The van der Waals surface area contributed by atoms with Gasteiger partial charge in [0, 0.05) is 37.6 Å². The molecular formula is C24H41NO5. The fraction of sp³-hybridized carbons (Fsp3) is 0.875. The van der Waals surface area contributed by atoms with E-state index in [4.69, 9.17) is 9.84 Å². The molecule has 2 saturated heterocycles. The molecule has 1 amide bonds. The van der Waals surface area contributed by atoms with Crippen molar-refractivity contribution >= 4 is 17.7 Å². The molecule has 6 nitrogen and oxygen atoms in total. The second-order valence-electron chi connectivity index (χ2n) is 9.25. The summed E-state index contributed by atoms with van der Waals surface area (Å²) in [7, 11) is 0. The zero-order valence-electron chi connectivity index (χ0n) is 18.9. The highest BCUT2D eigenvalue weighted by Gasteiger charge is 2.54. The van der Waals surface area contributed by atoms with Crippen molar-refractivity contribution in [2.24, 2.45) is 11.3 Å². The van der Waals surface area contributed by atoms with E-state index in [0.717, 1.165) is 57.8 Å². The number of amides is 1. The first-order valence-corrected chi connectivity index (χ1v) is 12.1. The number of carbonyl (C=O) groups is 3. The van der Waals surface area contributed by atoms with Crippen LogP contribution in [-0.4, -0.2) is 41.5 Å². The maximum Gasteiger partial charge on any atom is 0.303 e. The van der Waals surface area contributed by atoms with E-state index < -0.39 is 5.97 Å². The van der Waals surface area contributed by atoms with Crippen LogP contribution in [-0.2, 0) is 19.1 Å². The predicted octanol–water partition coefficient (Wildman–Crippen LogP) is 4.64. The van der Waals surface area contributed by atoms with Crippen LogP contribution in [0.3, 0.4) is 0 Å². The molecule has 0 aromatic rings. The van der Waals surface area contributed by atoms with Gasteiger partial charge < -0.3 is 15.2 Å². The van der Waals surface area contributed by atoms with Crippen molar-refractivity contribution < 1.29 is 24.2 Å². The number of carboxylic acid groups (broad SMARTS) is 1. The number of Topliss-reactive ketones (excluding diaryl/α,β-unsaturated/α-hetero) is 1. The molecule has 172 valence electrons. The van der Waals surface area contributed by atoms with E-state index in [-0.39, 0.29) is 36.1 Å². The summed E-state index contributed by atoms with van der Waals surface area (Å²) >= 11 is 0. The lowest BCUT2D eigenvalue weighted by Crippen LogP contribution is -2.42. The molecule has 4 unspecified atom stereocenters. The van der Waals surface area contributed by atoms with Crippen LogP contribution < -0.4 is 5.32 Å². The Morgan fingerprint density at radius 3 is 2.47 bits per heavy atom. The number of unbranched alkanes of at least 4 members (excludes halogenated alkanes) is 2. The van der Waals surface area contributed by atoms with Crippen LogP contribution in [0.1, 0.15) is 104 Å². The van der Waals surface area contributed by atoms with Crippen LogP contribution in [0.15, 0.2) is 0 Å². The van der Waals surface area contributed by atoms with Crippen LogP contribution in [0, 0.1) is 11.3 Å². The first-order chi connectivity index (χ1) is 14.4. The van der Waals surface area contributed by atoms with Gasteiger partial charge in [-0.05, 0) is 50.9 Å². The molecule has 0 aromatic heterocycles. The van der Waals surface area contributed by atoms with E-state index in [2.05, 4.69) is 19.2 Å². The average Bonchev–Trinajstić information content (AvgIpc) is 3.31. The summed E-state index contributed by atoms with van der Waals surface area (Å²) in [6, 6.07) is 0. The zero-order chi connectivity index (χ0) is 22.0. The summed E-state index contributed by atoms with van der Waals surface area (Å²) in [6.07, 6.45) is 11.7. The van der Waals surface area contributed by atoms with Crippen LogP contribution in [0.2, 0.25) is 0 Å². The SMILES string of the molecule is CCCCCC(=O)CCC(=O)NCCC1(C(CC)CCCC(=O)O)CC2CCC1O2. The van der Waals surface area contributed by atoms with Gasteiger partial charge >= 0.3 is 5.97 Å². The topological polar surface area (TPSA) is 92.7 Å². The fourth-order valence-corrected chi connectivity index (χ4v) is 5.60. The van der Waals surface area contributed by atoms with Crippen molar-refractivity contribution in [2.45, 2.75) is 116 Å². The molecule has 2 fully saturated rings. The molecule has 2 aliphatic heterocycles. The lowest BCUT2D eigenvalue weighted by molar-refractivity contribution is -0.137. The molecule has 2 aliphatic rings. The van der Waals surface area contributed by atoms with E-state index in [9.17, 15) is 14.4 Å². The van der Waals surface area contributed by atoms with Gasteiger partial charge in [-0.3, -0.25) is 14.4 Å². The third kappa shape index (κ3) is 7.07. The monoisotopic (exact) mass is 423 g/mol. The number of carboxylic acids is 1. The Kier molecular flexibility index (Phi) is 10.3. The first-order valence-electron chi connectivity index (χ1n) is 12.1. The van der Waals surface area contributed by atoms with Crippen molar-refractivity contribution in [3.63, 3.8) is 0 Å². The predicted molar refractivity (Wildman–Crippen MR) is 116 cm³/mol. The first kappa shape index (κ1) is 24.8. The van der Waals surface area contributed by atoms with Gasteiger partial charge in [0.1, 0.15) is 5.78 Å². The normalized spacial score (nSPS) is 25.9. The van der Waals surface area contributed by atoms with Gasteiger partial charge in [0.15, 0.2) is 0 Å². The molecular weight excluding hydrogens is 382 g/mol. The Labute approximate surface area is 181 Å². The van der Waals surface area contributed by atoms with Crippen molar-refractivity contribution in [3.05, 3.63) is 0 Å². The molecule has 30 heavy (non-hydrogen) atoms. The lowest BCUT2D eigenvalue weighted by atomic mass is 9.61. The van der Waals surface area contributed by atoms with Crippen LogP contribution in [0.25, 0.3) is 0 Å². The van der Waals surface area contributed by atoms with Gasteiger partial charge in [-0.15, -0.1) is 0 Å². The number of hydrogen-bond donors (Lipinski definition) is 2. The standard InChI is InChI=1S/C24H41NO5/c1-3-5-6-9-19(26)11-14-22(27)25-16-15-24(17-20-12-13-21(24)30-20)18(4-2)8-7-10-23(28)29/h18,20-21H,3-17H2,1-2H3,(H,25,27)(H,28,29). The highest BCUT2D eigenvalue weighted by atomic mass is 16.5. The highest BCUT2D eigenvalue weighted by Crippen LogP contribution is 2.56. The number of rotatable bonds is 16. The fourth-order valence-electron chi connectivity index (χ4n) is 5.60. The molecule has 2 N–H and O–H groups in total. The molecule has 0 radical (unpaired) electrons. The third-order valence-electron chi connectivity index (χ3n) is 7.21. The Balaban J connectivity index is 1.81. The summed E-state index contributed by atoms with van der Waals surface area (Å²) < 4.78 is 6.21. The van der Waals surface area contributed by atoms with Gasteiger partial charge in [-0.1, -0.05) is 33.1 Å². The smallest absolute Gasteiger partial charge is 0.303 e. The Morgan fingerprint density at radius 2 is 1.87 bits per heavy atom. The van der Waals surface area contributed by atoms with Crippen molar-refractivity contribution in [2.75, 3.05) is 6.54 Å². The summed E-state index contributed by atoms with van der Waals surface area (Å²) in [5.74, 6) is -0.179. The molecule has 0 spiro atoms. The molecule has 6 heteroatoms. The Bertz CT molecular complexity index is 578. The number of ether oxygens (including phenoxy) is 1. The molecule has 2 heterocycles. The second kappa shape index (κ2) is 12.4. The minimum Gasteiger partial charge on any atom is -0.481 e. The van der Waals surface area contributed by atoms with Gasteiger partial charge in [-0.25, -0.2) is 0 Å². The second-order valence-corrected chi connectivity index (χ2v) is 9.25. The van der Waals surface area contributed by atoms with E-state index in [0.29, 0.717) is 37.8 Å². The minimum absolute atomic E-state index is 0.0411. The van der Waals surface area contributed by atoms with Gasteiger partial charge in [0.2, 0.25) is 5.91 Å². The summed E-state index contributed by atoms with van der Waals surface area (Å²) in [5.41, 5.74) is 0.0411. The molecule has 2 bridgehead atoms. The van der Waals surface area contributed by atoms with Gasteiger partial charge in [-0.2, -0.15) is 0 Å². The quantitative estimate of drug-likeness (QED) is 0.353. The maximum atomic E-state index is 12.2. The van der Waals surface area contributed by atoms with Gasteiger partial charge in [0.05, 0.1) is 12.2 Å². The largest absolute Gasteiger partial charge is 0.481 e.